The van der Waals surface area contributed by atoms with Gasteiger partial charge in [-0.05, 0) is 43.2 Å². The molecule has 0 spiro atoms. The number of fused-ring (bicyclic) bond motifs is 1. The molecule has 0 bridgehead atoms. The summed E-state index contributed by atoms with van der Waals surface area (Å²) in [5, 5.41) is 2.98. The van der Waals surface area contributed by atoms with E-state index in [9.17, 15) is 4.79 Å². The van der Waals surface area contributed by atoms with Gasteiger partial charge in [0.05, 0.1) is 12.6 Å². The van der Waals surface area contributed by atoms with Gasteiger partial charge in [0.2, 0.25) is 6.79 Å². The van der Waals surface area contributed by atoms with E-state index in [4.69, 9.17) is 14.2 Å². The van der Waals surface area contributed by atoms with Crippen LogP contribution < -0.4 is 19.5 Å². The molecule has 0 fully saturated rings. The largest absolute Gasteiger partial charge is 0.491 e. The summed E-state index contributed by atoms with van der Waals surface area (Å²) in [6.45, 7) is 5.11. The van der Waals surface area contributed by atoms with Crippen molar-refractivity contribution in [1.29, 1.82) is 0 Å². The molecule has 1 atom stereocenters. The summed E-state index contributed by atoms with van der Waals surface area (Å²) < 4.78 is 16.4. The molecular weight excluding hydrogens is 332 g/mol. The number of para-hydroxylation sites is 1. The standard InChI is InChI=1S/C20H24N2O4/c1-14-6-4-5-7-17(14)24-11-10-22(3)20(23)21-15(2)16-8-9-18-19(12-16)26-13-25-18/h4-9,12,15H,10-11,13H2,1-3H3,(H,21,23). The van der Waals surface area contributed by atoms with Gasteiger partial charge >= 0.3 is 6.03 Å². The molecule has 0 aromatic heterocycles. The van der Waals surface area contributed by atoms with E-state index in [1.54, 1.807) is 11.9 Å². The van der Waals surface area contributed by atoms with Crippen molar-refractivity contribution in [2.24, 2.45) is 0 Å². The van der Waals surface area contributed by atoms with Crippen molar-refractivity contribution in [3.8, 4) is 17.2 Å². The zero-order valence-corrected chi connectivity index (χ0v) is 15.3. The van der Waals surface area contributed by atoms with Crippen LogP contribution in [0.25, 0.3) is 0 Å². The van der Waals surface area contributed by atoms with Crippen molar-refractivity contribution in [2.45, 2.75) is 19.9 Å². The number of ether oxygens (including phenoxy) is 3. The quantitative estimate of drug-likeness (QED) is 0.860. The zero-order chi connectivity index (χ0) is 18.5. The Balaban J connectivity index is 1.48. The zero-order valence-electron chi connectivity index (χ0n) is 15.3. The SMILES string of the molecule is Cc1ccccc1OCCN(C)C(=O)NC(C)c1ccc2c(c1)OCO2. The Morgan fingerprint density at radius 1 is 1.23 bits per heavy atom. The molecule has 0 saturated carbocycles. The molecule has 3 rings (SSSR count). The average Bonchev–Trinajstić information content (AvgIpc) is 3.10. The van der Waals surface area contributed by atoms with Crippen molar-refractivity contribution >= 4 is 6.03 Å². The van der Waals surface area contributed by atoms with Crippen molar-refractivity contribution in [3.63, 3.8) is 0 Å². The van der Waals surface area contributed by atoms with E-state index >= 15 is 0 Å². The number of rotatable bonds is 6. The predicted molar refractivity (Wildman–Crippen MR) is 98.8 cm³/mol. The number of nitrogens with zero attached hydrogens (tertiary/aromatic N) is 1. The van der Waals surface area contributed by atoms with Gasteiger partial charge in [-0.1, -0.05) is 24.3 Å². The summed E-state index contributed by atoms with van der Waals surface area (Å²) >= 11 is 0. The number of urea groups is 1. The fourth-order valence-corrected chi connectivity index (χ4v) is 2.67. The molecule has 1 aliphatic rings. The molecule has 1 unspecified atom stereocenters. The first kappa shape index (κ1) is 17.9. The van der Waals surface area contributed by atoms with E-state index in [0.29, 0.717) is 18.9 Å². The maximum atomic E-state index is 12.4. The number of hydrogen-bond acceptors (Lipinski definition) is 4. The number of carbonyl (C=O) groups excluding carboxylic acids is 1. The summed E-state index contributed by atoms with van der Waals surface area (Å²) in [5.74, 6) is 2.29. The highest BCUT2D eigenvalue weighted by molar-refractivity contribution is 5.74. The molecule has 0 radical (unpaired) electrons. The highest BCUT2D eigenvalue weighted by Gasteiger charge is 2.18. The Morgan fingerprint density at radius 2 is 2.00 bits per heavy atom. The van der Waals surface area contributed by atoms with Crippen molar-refractivity contribution in [2.75, 3.05) is 27.0 Å². The lowest BCUT2D eigenvalue weighted by Gasteiger charge is -2.22. The van der Waals surface area contributed by atoms with E-state index in [0.717, 1.165) is 22.6 Å². The van der Waals surface area contributed by atoms with Crippen LogP contribution in [0.1, 0.15) is 24.1 Å². The van der Waals surface area contributed by atoms with Crippen LogP contribution in [0.5, 0.6) is 17.2 Å². The van der Waals surface area contributed by atoms with Crippen LogP contribution in [0.3, 0.4) is 0 Å². The van der Waals surface area contributed by atoms with Crippen LogP contribution in [-0.4, -0.2) is 37.9 Å². The van der Waals surface area contributed by atoms with Crippen molar-refractivity contribution in [1.82, 2.24) is 10.2 Å². The molecule has 6 heteroatoms. The highest BCUT2D eigenvalue weighted by atomic mass is 16.7. The van der Waals surface area contributed by atoms with Gasteiger partial charge in [-0.15, -0.1) is 0 Å². The van der Waals surface area contributed by atoms with Gasteiger partial charge in [0.25, 0.3) is 0 Å². The third kappa shape index (κ3) is 4.20. The first-order valence-corrected chi connectivity index (χ1v) is 8.64. The summed E-state index contributed by atoms with van der Waals surface area (Å²) in [6, 6.07) is 13.2. The molecule has 2 aromatic carbocycles. The Labute approximate surface area is 153 Å². The second kappa shape index (κ2) is 7.99. The molecule has 1 aliphatic heterocycles. The molecule has 138 valence electrons. The average molecular weight is 356 g/mol. The fourth-order valence-electron chi connectivity index (χ4n) is 2.67. The molecule has 6 nitrogen and oxygen atoms in total. The third-order valence-corrected chi connectivity index (χ3v) is 4.36. The first-order valence-electron chi connectivity index (χ1n) is 8.64. The topological polar surface area (TPSA) is 60.0 Å². The normalized spacial score (nSPS) is 13.2. The van der Waals surface area contributed by atoms with Crippen LogP contribution in [0.15, 0.2) is 42.5 Å². The first-order chi connectivity index (χ1) is 12.5. The van der Waals surface area contributed by atoms with E-state index in [1.165, 1.54) is 0 Å². The molecule has 1 heterocycles. The smallest absolute Gasteiger partial charge is 0.317 e. The lowest BCUT2D eigenvalue weighted by molar-refractivity contribution is 0.174. The van der Waals surface area contributed by atoms with Gasteiger partial charge in [0, 0.05) is 7.05 Å². The maximum absolute atomic E-state index is 12.4. The van der Waals surface area contributed by atoms with E-state index in [1.807, 2.05) is 56.3 Å². The van der Waals surface area contributed by atoms with Gasteiger partial charge in [0.15, 0.2) is 11.5 Å². The Morgan fingerprint density at radius 3 is 2.81 bits per heavy atom. The predicted octanol–water partition coefficient (Wildman–Crippen LogP) is 3.51. The van der Waals surface area contributed by atoms with Crippen molar-refractivity contribution in [3.05, 3.63) is 53.6 Å². The summed E-state index contributed by atoms with van der Waals surface area (Å²) in [4.78, 5) is 14.0. The highest BCUT2D eigenvalue weighted by Crippen LogP contribution is 2.34. The Hall–Kier alpha value is -2.89. The monoisotopic (exact) mass is 356 g/mol. The van der Waals surface area contributed by atoms with E-state index in [-0.39, 0.29) is 18.9 Å². The third-order valence-electron chi connectivity index (χ3n) is 4.36. The van der Waals surface area contributed by atoms with Gasteiger partial charge < -0.3 is 24.4 Å². The lowest BCUT2D eigenvalue weighted by Crippen LogP contribution is -2.40. The number of nitrogens with one attached hydrogen (secondary N) is 1. The second-order valence-electron chi connectivity index (χ2n) is 6.32. The van der Waals surface area contributed by atoms with Crippen LogP contribution in [-0.2, 0) is 0 Å². The minimum atomic E-state index is -0.149. The van der Waals surface area contributed by atoms with Crippen molar-refractivity contribution < 1.29 is 19.0 Å². The molecule has 26 heavy (non-hydrogen) atoms. The van der Waals surface area contributed by atoms with Crippen LogP contribution in [0.4, 0.5) is 4.79 Å². The van der Waals surface area contributed by atoms with Gasteiger partial charge in [0.1, 0.15) is 12.4 Å². The summed E-state index contributed by atoms with van der Waals surface area (Å²) in [6.07, 6.45) is 0. The van der Waals surface area contributed by atoms with Crippen LogP contribution >= 0.6 is 0 Å². The fraction of sp³-hybridized carbons (Fsp3) is 0.350. The molecule has 2 amide bonds. The Bertz CT molecular complexity index is 778. The number of aryl methyl sites for hydroxylation is 1. The molecule has 2 aromatic rings. The van der Waals surface area contributed by atoms with Gasteiger partial charge in [-0.25, -0.2) is 4.79 Å². The Kier molecular flexibility index (Phi) is 5.51. The lowest BCUT2D eigenvalue weighted by atomic mass is 10.1. The van der Waals surface area contributed by atoms with E-state index in [2.05, 4.69) is 5.32 Å². The van der Waals surface area contributed by atoms with Gasteiger partial charge in [-0.2, -0.15) is 0 Å². The summed E-state index contributed by atoms with van der Waals surface area (Å²) in [7, 11) is 1.75. The second-order valence-corrected chi connectivity index (χ2v) is 6.32. The maximum Gasteiger partial charge on any atom is 0.317 e. The number of likely N-dealkylation sites (N-methyl/N-ethyl adjacent to an activating group) is 1. The minimum absolute atomic E-state index is 0.142. The number of amides is 2. The molecular formula is C20H24N2O4. The number of hydrogen-bond donors (Lipinski definition) is 1. The molecule has 1 N–H and O–H groups in total. The van der Waals surface area contributed by atoms with Crippen LogP contribution in [0.2, 0.25) is 0 Å². The summed E-state index contributed by atoms with van der Waals surface area (Å²) in [5.41, 5.74) is 2.04. The number of benzene rings is 2. The van der Waals surface area contributed by atoms with Crippen LogP contribution in [0, 0.1) is 6.92 Å². The number of carbonyl (C=O) groups is 1. The van der Waals surface area contributed by atoms with E-state index < -0.39 is 0 Å². The molecule has 0 aliphatic carbocycles. The van der Waals surface area contributed by atoms with Gasteiger partial charge in [-0.3, -0.25) is 0 Å². The minimum Gasteiger partial charge on any atom is -0.491 e. The molecule has 0 saturated heterocycles.